The topological polar surface area (TPSA) is 58.6 Å². The summed E-state index contributed by atoms with van der Waals surface area (Å²) >= 11 is 0. The third kappa shape index (κ3) is 3.68. The Morgan fingerprint density at radius 2 is 1.95 bits per heavy atom. The molecular weight excluding hydrogens is 282 g/mol. The predicted molar refractivity (Wildman–Crippen MR) is 71.7 cm³/mol. The van der Waals surface area contributed by atoms with E-state index in [1.807, 2.05) is 0 Å². The molecule has 0 bridgehead atoms. The number of halogens is 2. The van der Waals surface area contributed by atoms with Crippen LogP contribution in [-0.2, 0) is 9.53 Å². The minimum absolute atomic E-state index is 0.0727. The third-order valence-corrected chi connectivity index (χ3v) is 3.49. The first-order valence-electron chi connectivity index (χ1n) is 6.60. The lowest BCUT2D eigenvalue weighted by molar-refractivity contribution is -0.146. The number of ether oxygens (including phenoxy) is 1. The van der Waals surface area contributed by atoms with Crippen LogP contribution >= 0.6 is 0 Å². The van der Waals surface area contributed by atoms with E-state index in [-0.39, 0.29) is 17.6 Å². The van der Waals surface area contributed by atoms with Gasteiger partial charge in [-0.3, -0.25) is 4.79 Å². The maximum atomic E-state index is 13.5. The number of nitrogens with zero attached hydrogens (tertiary/aromatic N) is 1. The monoisotopic (exact) mass is 298 g/mol. The number of methoxy groups -OCH3 is 1. The van der Waals surface area contributed by atoms with Crippen LogP contribution in [0.1, 0.15) is 12.8 Å². The van der Waals surface area contributed by atoms with Crippen LogP contribution in [0.2, 0.25) is 0 Å². The summed E-state index contributed by atoms with van der Waals surface area (Å²) in [4.78, 5) is 24.9. The van der Waals surface area contributed by atoms with E-state index >= 15 is 0 Å². The van der Waals surface area contributed by atoms with Crippen LogP contribution in [0.15, 0.2) is 18.2 Å². The van der Waals surface area contributed by atoms with Crippen LogP contribution in [-0.4, -0.2) is 37.1 Å². The van der Waals surface area contributed by atoms with E-state index in [1.54, 1.807) is 0 Å². The Morgan fingerprint density at radius 3 is 2.52 bits per heavy atom. The molecule has 7 heteroatoms. The molecular formula is C14H16F2N2O3. The van der Waals surface area contributed by atoms with E-state index in [2.05, 4.69) is 10.1 Å². The zero-order valence-electron chi connectivity index (χ0n) is 11.6. The van der Waals surface area contributed by atoms with Crippen molar-refractivity contribution in [1.82, 2.24) is 4.90 Å². The summed E-state index contributed by atoms with van der Waals surface area (Å²) in [6.07, 6.45) is 1.01. The van der Waals surface area contributed by atoms with E-state index in [9.17, 15) is 18.4 Å². The summed E-state index contributed by atoms with van der Waals surface area (Å²) < 4.78 is 30.9. The second-order valence-electron chi connectivity index (χ2n) is 4.84. The van der Waals surface area contributed by atoms with Gasteiger partial charge in [-0.15, -0.1) is 0 Å². The highest BCUT2D eigenvalue weighted by molar-refractivity contribution is 5.89. The molecule has 5 nitrogen and oxygen atoms in total. The molecule has 1 fully saturated rings. The Morgan fingerprint density at radius 1 is 1.29 bits per heavy atom. The van der Waals surface area contributed by atoms with Crippen molar-refractivity contribution < 1.29 is 23.1 Å². The quantitative estimate of drug-likeness (QED) is 0.853. The number of likely N-dealkylation sites (tertiary alicyclic amines) is 1. The van der Waals surface area contributed by atoms with Gasteiger partial charge in [0, 0.05) is 19.2 Å². The first-order valence-corrected chi connectivity index (χ1v) is 6.60. The molecule has 1 heterocycles. The fourth-order valence-electron chi connectivity index (χ4n) is 2.27. The largest absolute Gasteiger partial charge is 0.469 e. The Hall–Kier alpha value is -2.18. The minimum Gasteiger partial charge on any atom is -0.469 e. The Balaban J connectivity index is 1.92. The molecule has 0 unspecified atom stereocenters. The Kier molecular flexibility index (Phi) is 4.72. The minimum atomic E-state index is -0.826. The number of carbonyl (C=O) groups is 2. The van der Waals surface area contributed by atoms with E-state index in [4.69, 9.17) is 0 Å². The molecule has 0 spiro atoms. The molecule has 0 radical (unpaired) electrons. The fourth-order valence-corrected chi connectivity index (χ4v) is 2.27. The average Bonchev–Trinajstić information content (AvgIpc) is 2.49. The maximum absolute atomic E-state index is 13.5. The molecule has 21 heavy (non-hydrogen) atoms. The van der Waals surface area contributed by atoms with Crippen molar-refractivity contribution in [3.8, 4) is 0 Å². The molecule has 0 aliphatic carbocycles. The van der Waals surface area contributed by atoms with Crippen LogP contribution in [0.3, 0.4) is 0 Å². The lowest BCUT2D eigenvalue weighted by Gasteiger charge is -2.30. The molecule has 0 atom stereocenters. The molecule has 1 aliphatic rings. The van der Waals surface area contributed by atoms with Gasteiger partial charge in [0.05, 0.1) is 18.7 Å². The van der Waals surface area contributed by atoms with Crippen molar-refractivity contribution in [2.75, 3.05) is 25.5 Å². The molecule has 1 saturated heterocycles. The van der Waals surface area contributed by atoms with Crippen molar-refractivity contribution in [1.29, 1.82) is 0 Å². The summed E-state index contributed by atoms with van der Waals surface area (Å²) in [5, 5.41) is 2.39. The van der Waals surface area contributed by atoms with E-state index < -0.39 is 17.7 Å². The summed E-state index contributed by atoms with van der Waals surface area (Å²) in [6, 6.07) is 2.48. The van der Waals surface area contributed by atoms with Gasteiger partial charge in [0.25, 0.3) is 0 Å². The van der Waals surface area contributed by atoms with Crippen molar-refractivity contribution in [2.24, 2.45) is 5.92 Å². The van der Waals surface area contributed by atoms with Crippen LogP contribution in [0, 0.1) is 17.6 Å². The normalized spacial score (nSPS) is 15.7. The number of benzene rings is 1. The fraction of sp³-hybridized carbons (Fsp3) is 0.429. The van der Waals surface area contributed by atoms with E-state index in [0.717, 1.165) is 6.07 Å². The Bertz CT molecular complexity index is 543. The summed E-state index contributed by atoms with van der Waals surface area (Å²) in [5.41, 5.74) is -0.0727. The van der Waals surface area contributed by atoms with Crippen molar-refractivity contribution in [3.63, 3.8) is 0 Å². The van der Waals surface area contributed by atoms with Crippen molar-refractivity contribution in [2.45, 2.75) is 12.8 Å². The first kappa shape index (κ1) is 15.2. The number of esters is 1. The number of amides is 2. The van der Waals surface area contributed by atoms with Gasteiger partial charge in [0.2, 0.25) is 0 Å². The average molecular weight is 298 g/mol. The third-order valence-electron chi connectivity index (χ3n) is 3.49. The van der Waals surface area contributed by atoms with Crippen LogP contribution < -0.4 is 5.32 Å². The van der Waals surface area contributed by atoms with Crippen LogP contribution in [0.4, 0.5) is 19.3 Å². The number of piperidine rings is 1. The molecule has 1 aromatic rings. The van der Waals surface area contributed by atoms with Gasteiger partial charge in [-0.2, -0.15) is 0 Å². The van der Waals surface area contributed by atoms with Gasteiger partial charge < -0.3 is 15.0 Å². The lowest BCUT2D eigenvalue weighted by atomic mass is 9.97. The predicted octanol–water partition coefficient (Wildman–Crippen LogP) is 2.38. The van der Waals surface area contributed by atoms with E-state index in [0.29, 0.717) is 32.0 Å². The second kappa shape index (κ2) is 6.51. The first-order chi connectivity index (χ1) is 10.0. The number of carbonyl (C=O) groups excluding carboxylic acids is 2. The number of hydrogen-bond donors (Lipinski definition) is 1. The highest BCUT2D eigenvalue weighted by Crippen LogP contribution is 2.20. The van der Waals surface area contributed by atoms with Crippen molar-refractivity contribution in [3.05, 3.63) is 29.8 Å². The van der Waals surface area contributed by atoms with Crippen molar-refractivity contribution >= 4 is 17.7 Å². The molecule has 114 valence electrons. The molecule has 1 aromatic carbocycles. The summed E-state index contributed by atoms with van der Waals surface area (Å²) in [5.74, 6) is -2.02. The number of hydrogen-bond acceptors (Lipinski definition) is 3. The smallest absolute Gasteiger partial charge is 0.321 e. The molecule has 1 N–H and O–H groups in total. The number of urea groups is 1. The van der Waals surface area contributed by atoms with Gasteiger partial charge in [0.1, 0.15) is 11.6 Å². The van der Waals surface area contributed by atoms with Gasteiger partial charge >= 0.3 is 12.0 Å². The molecule has 2 amide bonds. The summed E-state index contributed by atoms with van der Waals surface area (Å²) in [7, 11) is 1.33. The van der Waals surface area contributed by atoms with Gasteiger partial charge in [-0.1, -0.05) is 0 Å². The maximum Gasteiger partial charge on any atom is 0.321 e. The second-order valence-corrected chi connectivity index (χ2v) is 4.84. The highest BCUT2D eigenvalue weighted by atomic mass is 19.1. The number of rotatable bonds is 2. The molecule has 0 aromatic heterocycles. The summed E-state index contributed by atoms with van der Waals surface area (Å²) in [6.45, 7) is 0.767. The van der Waals surface area contributed by atoms with Crippen LogP contribution in [0.5, 0.6) is 0 Å². The zero-order chi connectivity index (χ0) is 15.4. The van der Waals surface area contributed by atoms with E-state index in [1.165, 1.54) is 18.1 Å². The van der Waals surface area contributed by atoms with Gasteiger partial charge in [0.15, 0.2) is 0 Å². The lowest BCUT2D eigenvalue weighted by Crippen LogP contribution is -2.42. The molecule has 2 rings (SSSR count). The highest BCUT2D eigenvalue weighted by Gasteiger charge is 2.28. The van der Waals surface area contributed by atoms with Crippen LogP contribution in [0.25, 0.3) is 0 Å². The Labute approximate surface area is 120 Å². The zero-order valence-corrected chi connectivity index (χ0v) is 11.6. The van der Waals surface area contributed by atoms with Gasteiger partial charge in [-0.05, 0) is 25.0 Å². The SMILES string of the molecule is COC(=O)C1CCN(C(=O)Nc2ccc(F)cc2F)CC1. The van der Waals surface area contributed by atoms with Gasteiger partial charge in [-0.25, -0.2) is 13.6 Å². The molecule has 0 saturated carbocycles. The number of nitrogens with one attached hydrogen (secondary N) is 1. The standard InChI is InChI=1S/C14H16F2N2O3/c1-21-13(19)9-4-6-18(7-5-9)14(20)17-12-3-2-10(15)8-11(12)16/h2-3,8-9H,4-7H2,1H3,(H,17,20). The molecule has 1 aliphatic heterocycles. The number of anilines is 1.